The first-order valence-electron chi connectivity index (χ1n) is 20.9. The molecule has 0 bridgehead atoms. The molecule has 0 saturated heterocycles. The monoisotopic (exact) mass is 775 g/mol. The molecule has 0 aliphatic heterocycles. The summed E-state index contributed by atoms with van der Waals surface area (Å²) in [5.41, 5.74) is 19.9. The van der Waals surface area contributed by atoms with E-state index in [0.29, 0.717) is 17.5 Å². The van der Waals surface area contributed by atoms with Crippen molar-refractivity contribution in [2.45, 2.75) is 5.41 Å². The Labute approximate surface area is 355 Å². The number of nitrogens with zero attached hydrogens (tertiary/aromatic N) is 3. The van der Waals surface area contributed by atoms with Crippen molar-refractivity contribution in [3.8, 4) is 89.8 Å². The first kappa shape index (κ1) is 35.0. The molecule has 0 N–H and O–H groups in total. The fraction of sp³-hybridized carbons (Fsp3) is 0.0172. The average molecular weight is 776 g/mol. The van der Waals surface area contributed by atoms with E-state index < -0.39 is 5.41 Å². The van der Waals surface area contributed by atoms with Gasteiger partial charge < -0.3 is 0 Å². The summed E-state index contributed by atoms with van der Waals surface area (Å²) in [4.78, 5) is 15.0. The third-order valence-electron chi connectivity index (χ3n) is 12.5. The van der Waals surface area contributed by atoms with Gasteiger partial charge in [-0.1, -0.05) is 200 Å². The summed E-state index contributed by atoms with van der Waals surface area (Å²) in [6.07, 6.45) is 0. The maximum absolute atomic E-state index is 5.04. The maximum Gasteiger partial charge on any atom is 0.164 e. The van der Waals surface area contributed by atoms with E-state index in [0.717, 1.165) is 33.4 Å². The quantitative estimate of drug-likeness (QED) is 0.169. The van der Waals surface area contributed by atoms with Crippen molar-refractivity contribution in [3.63, 3.8) is 0 Å². The highest BCUT2D eigenvalue weighted by molar-refractivity contribution is 5.99. The average Bonchev–Trinajstić information content (AvgIpc) is 3.81. The molecule has 12 rings (SSSR count). The smallest absolute Gasteiger partial charge is 0.164 e. The minimum atomic E-state index is -0.434. The molecule has 0 fully saturated rings. The van der Waals surface area contributed by atoms with Gasteiger partial charge in [0.25, 0.3) is 0 Å². The molecule has 0 amide bonds. The molecule has 3 heteroatoms. The topological polar surface area (TPSA) is 38.7 Å². The lowest BCUT2D eigenvalue weighted by Crippen LogP contribution is -2.25. The van der Waals surface area contributed by atoms with E-state index in [1.807, 2.05) is 60.7 Å². The Balaban J connectivity index is 1.04. The zero-order chi connectivity index (χ0) is 40.3. The van der Waals surface area contributed by atoms with Crippen molar-refractivity contribution in [1.82, 2.24) is 15.0 Å². The normalized spacial score (nSPS) is 12.7. The van der Waals surface area contributed by atoms with Crippen LogP contribution in [0.1, 0.15) is 22.3 Å². The molecule has 3 nitrogen and oxygen atoms in total. The predicted octanol–water partition coefficient (Wildman–Crippen LogP) is 14.2. The van der Waals surface area contributed by atoms with Gasteiger partial charge in [0, 0.05) is 16.7 Å². The number of hydrogen-bond acceptors (Lipinski definition) is 3. The van der Waals surface area contributed by atoms with Crippen molar-refractivity contribution >= 4 is 0 Å². The van der Waals surface area contributed by atoms with Crippen LogP contribution in [0.25, 0.3) is 89.8 Å². The summed E-state index contributed by atoms with van der Waals surface area (Å²) in [7, 11) is 0. The largest absolute Gasteiger partial charge is 0.208 e. The number of aromatic nitrogens is 3. The minimum Gasteiger partial charge on any atom is -0.208 e. The zero-order valence-electron chi connectivity index (χ0n) is 33.2. The van der Waals surface area contributed by atoms with E-state index >= 15 is 0 Å². The first-order chi connectivity index (χ1) is 30.2. The van der Waals surface area contributed by atoms with Crippen molar-refractivity contribution in [1.29, 1.82) is 0 Å². The third-order valence-corrected chi connectivity index (χ3v) is 12.5. The lowest BCUT2D eigenvalue weighted by Gasteiger charge is -2.31. The van der Waals surface area contributed by atoms with Gasteiger partial charge in [0.05, 0.1) is 5.41 Å². The Bertz CT molecular complexity index is 3200. The van der Waals surface area contributed by atoms with Crippen LogP contribution in [0.5, 0.6) is 0 Å². The van der Waals surface area contributed by atoms with Crippen LogP contribution >= 0.6 is 0 Å². The van der Waals surface area contributed by atoms with Gasteiger partial charge in [-0.15, -0.1) is 0 Å². The summed E-state index contributed by atoms with van der Waals surface area (Å²) >= 11 is 0. The Morgan fingerprint density at radius 2 is 0.574 bits per heavy atom. The number of benzene rings is 9. The molecule has 1 spiro atoms. The van der Waals surface area contributed by atoms with Crippen LogP contribution in [-0.4, -0.2) is 15.0 Å². The van der Waals surface area contributed by atoms with E-state index in [-0.39, 0.29) is 0 Å². The highest BCUT2D eigenvalue weighted by Crippen LogP contribution is 2.63. The second kappa shape index (κ2) is 14.1. The van der Waals surface area contributed by atoms with E-state index in [2.05, 4.69) is 164 Å². The molecule has 10 aromatic rings. The van der Waals surface area contributed by atoms with Crippen molar-refractivity contribution in [2.24, 2.45) is 0 Å². The van der Waals surface area contributed by atoms with Gasteiger partial charge in [0.1, 0.15) is 0 Å². The Morgan fingerprint density at radius 3 is 1.10 bits per heavy atom. The molecule has 0 saturated carbocycles. The summed E-state index contributed by atoms with van der Waals surface area (Å²) in [6, 6.07) is 80.7. The van der Waals surface area contributed by atoms with Gasteiger partial charge in [-0.2, -0.15) is 0 Å². The fourth-order valence-electron chi connectivity index (χ4n) is 9.88. The van der Waals surface area contributed by atoms with Crippen molar-refractivity contribution in [3.05, 3.63) is 247 Å². The maximum atomic E-state index is 5.04. The predicted molar refractivity (Wildman–Crippen MR) is 249 cm³/mol. The summed E-state index contributed by atoms with van der Waals surface area (Å²) in [5, 5.41) is 0. The Kier molecular flexibility index (Phi) is 8.07. The van der Waals surface area contributed by atoms with Gasteiger partial charge in [-0.3, -0.25) is 0 Å². The standard InChI is InChI=1S/C58H37N3/c1-4-18-38(19-5-1)48-36-50-47-30-12-15-33-53(47)58(51-31-13-10-28-45(51)46-29-11-14-32-52(46)58)54(50)37-49(48)43-26-16-24-41(34-43)42-25-17-27-44(35-42)57-60-55(39-20-6-2-7-21-39)59-56(61-57)40-22-8-3-9-23-40/h1-37H. The van der Waals surface area contributed by atoms with E-state index in [4.69, 9.17) is 15.0 Å². The number of fused-ring (bicyclic) bond motifs is 10. The van der Waals surface area contributed by atoms with Gasteiger partial charge in [0.2, 0.25) is 0 Å². The van der Waals surface area contributed by atoms with Gasteiger partial charge in [0.15, 0.2) is 17.5 Å². The van der Waals surface area contributed by atoms with E-state index in [1.54, 1.807) is 0 Å². The molecule has 0 unspecified atom stereocenters. The molecular formula is C58H37N3. The van der Waals surface area contributed by atoms with Crippen LogP contribution in [0.4, 0.5) is 0 Å². The Hall–Kier alpha value is -8.01. The van der Waals surface area contributed by atoms with Crippen LogP contribution < -0.4 is 0 Å². The van der Waals surface area contributed by atoms with Gasteiger partial charge in [-0.25, -0.2) is 15.0 Å². The van der Waals surface area contributed by atoms with Crippen LogP contribution in [0.2, 0.25) is 0 Å². The van der Waals surface area contributed by atoms with Gasteiger partial charge >= 0.3 is 0 Å². The second-order valence-corrected chi connectivity index (χ2v) is 15.9. The van der Waals surface area contributed by atoms with Crippen LogP contribution in [0.15, 0.2) is 224 Å². The minimum absolute atomic E-state index is 0.434. The lowest BCUT2D eigenvalue weighted by atomic mass is 9.70. The highest BCUT2D eigenvalue weighted by atomic mass is 15.0. The molecule has 284 valence electrons. The fourth-order valence-corrected chi connectivity index (χ4v) is 9.88. The molecule has 2 aliphatic rings. The van der Waals surface area contributed by atoms with Crippen LogP contribution in [0, 0.1) is 0 Å². The molecule has 0 atom stereocenters. The second-order valence-electron chi connectivity index (χ2n) is 15.9. The van der Waals surface area contributed by atoms with Crippen molar-refractivity contribution < 1.29 is 0 Å². The summed E-state index contributed by atoms with van der Waals surface area (Å²) in [5.74, 6) is 1.93. The SMILES string of the molecule is c1ccc(-c2nc(-c3ccccc3)nc(-c3cccc(-c4cccc(-c5cc6c(cc5-c5ccccc5)-c5ccccc5C65c6ccccc6-c6ccccc65)c4)c3)n2)cc1. The first-order valence-corrected chi connectivity index (χ1v) is 20.9. The van der Waals surface area contributed by atoms with E-state index in [9.17, 15) is 0 Å². The van der Waals surface area contributed by atoms with Crippen LogP contribution in [0.3, 0.4) is 0 Å². The number of hydrogen-bond donors (Lipinski definition) is 0. The molecule has 0 radical (unpaired) electrons. The molecule has 2 aliphatic carbocycles. The van der Waals surface area contributed by atoms with Gasteiger partial charge in [-0.05, 0) is 102 Å². The highest BCUT2D eigenvalue weighted by Gasteiger charge is 2.51. The van der Waals surface area contributed by atoms with E-state index in [1.165, 1.54) is 61.2 Å². The Morgan fingerprint density at radius 1 is 0.213 bits per heavy atom. The van der Waals surface area contributed by atoms with Crippen LogP contribution in [-0.2, 0) is 5.41 Å². The molecule has 9 aromatic carbocycles. The summed E-state index contributed by atoms with van der Waals surface area (Å²) in [6.45, 7) is 0. The third kappa shape index (κ3) is 5.55. The lowest BCUT2D eigenvalue weighted by molar-refractivity contribution is 0.794. The van der Waals surface area contributed by atoms with Crippen molar-refractivity contribution in [2.75, 3.05) is 0 Å². The molecular weight excluding hydrogens is 739 g/mol. The number of rotatable bonds is 6. The molecule has 61 heavy (non-hydrogen) atoms. The summed E-state index contributed by atoms with van der Waals surface area (Å²) < 4.78 is 0. The molecule has 1 heterocycles. The molecule has 1 aromatic heterocycles. The zero-order valence-corrected chi connectivity index (χ0v) is 33.2.